The number of aromatic amines is 1. The number of rotatable bonds is 5. The van der Waals surface area contributed by atoms with E-state index in [0.29, 0.717) is 5.16 Å². The van der Waals surface area contributed by atoms with Crippen molar-refractivity contribution in [2.45, 2.75) is 30.5 Å². The number of aromatic nitrogens is 4. The summed E-state index contributed by atoms with van der Waals surface area (Å²) >= 11 is 1.34. The van der Waals surface area contributed by atoms with Crippen molar-refractivity contribution in [1.29, 1.82) is 0 Å². The van der Waals surface area contributed by atoms with E-state index in [2.05, 4.69) is 25.3 Å². The molecular formula is C12H15N5OS. The third kappa shape index (κ3) is 3.31. The largest absolute Gasteiger partial charge is 0.370 e. The molecule has 0 saturated heterocycles. The van der Waals surface area contributed by atoms with Gasteiger partial charge in [-0.25, -0.2) is 15.0 Å². The van der Waals surface area contributed by atoms with Crippen molar-refractivity contribution in [3.05, 3.63) is 34.5 Å². The van der Waals surface area contributed by atoms with Crippen molar-refractivity contribution in [3.8, 4) is 0 Å². The van der Waals surface area contributed by atoms with Gasteiger partial charge in [0.15, 0.2) is 5.16 Å². The predicted octanol–water partition coefficient (Wildman–Crippen LogP) is 1.71. The average Bonchev–Trinajstić information content (AvgIpc) is 2.39. The molecule has 0 fully saturated rings. The predicted molar refractivity (Wildman–Crippen MR) is 74.6 cm³/mol. The highest BCUT2D eigenvalue weighted by Crippen LogP contribution is 2.28. The van der Waals surface area contributed by atoms with E-state index in [-0.39, 0.29) is 5.56 Å². The van der Waals surface area contributed by atoms with Gasteiger partial charge in [-0.3, -0.25) is 4.79 Å². The lowest BCUT2D eigenvalue weighted by molar-refractivity contribution is 0.907. The van der Waals surface area contributed by atoms with Gasteiger partial charge in [0.25, 0.3) is 5.56 Å². The van der Waals surface area contributed by atoms with Gasteiger partial charge in [0.2, 0.25) is 0 Å². The number of nitrogens with zero attached hydrogens (tertiary/aromatic N) is 3. The third-order valence-corrected chi connectivity index (χ3v) is 3.39. The van der Waals surface area contributed by atoms with E-state index in [1.54, 1.807) is 0 Å². The Bertz CT molecular complexity index is 613. The number of nitrogens with one attached hydrogen (secondary N) is 2. The number of H-pyrrole nitrogens is 1. The van der Waals surface area contributed by atoms with Crippen LogP contribution in [0, 0.1) is 0 Å². The van der Waals surface area contributed by atoms with Crippen LogP contribution in [0.15, 0.2) is 33.6 Å². The van der Waals surface area contributed by atoms with Crippen molar-refractivity contribution in [2.75, 3.05) is 11.9 Å². The van der Waals surface area contributed by atoms with Crippen molar-refractivity contribution in [1.82, 2.24) is 19.9 Å². The maximum absolute atomic E-state index is 11.3. The van der Waals surface area contributed by atoms with Crippen LogP contribution < -0.4 is 10.9 Å². The molecule has 0 aliphatic carbocycles. The fourth-order valence-corrected chi connectivity index (χ4v) is 2.53. The minimum Gasteiger partial charge on any atom is -0.370 e. The molecule has 100 valence electrons. The van der Waals surface area contributed by atoms with Gasteiger partial charge >= 0.3 is 0 Å². The van der Waals surface area contributed by atoms with Crippen LogP contribution in [0.2, 0.25) is 0 Å². The Hall–Kier alpha value is -1.89. The zero-order chi connectivity index (χ0) is 13.7. The highest BCUT2D eigenvalue weighted by Gasteiger charge is 2.11. The molecule has 6 nitrogen and oxygen atoms in total. The lowest BCUT2D eigenvalue weighted by Crippen LogP contribution is -2.07. The molecule has 19 heavy (non-hydrogen) atoms. The molecule has 2 heterocycles. The van der Waals surface area contributed by atoms with E-state index in [0.717, 1.165) is 29.4 Å². The molecule has 0 amide bonds. The molecule has 2 aromatic rings. The lowest BCUT2D eigenvalue weighted by Gasteiger charge is -2.11. The van der Waals surface area contributed by atoms with E-state index in [9.17, 15) is 4.79 Å². The summed E-state index contributed by atoms with van der Waals surface area (Å²) in [5.74, 6) is 0.834. The molecule has 0 radical (unpaired) electrons. The van der Waals surface area contributed by atoms with Crippen LogP contribution in [0.4, 0.5) is 5.82 Å². The fourth-order valence-electron chi connectivity index (χ4n) is 1.62. The first-order valence-corrected chi connectivity index (χ1v) is 6.87. The van der Waals surface area contributed by atoms with Crippen LogP contribution >= 0.6 is 11.8 Å². The zero-order valence-corrected chi connectivity index (χ0v) is 11.6. The van der Waals surface area contributed by atoms with E-state index < -0.39 is 0 Å². The Kier molecular flexibility index (Phi) is 4.51. The monoisotopic (exact) mass is 277 g/mol. The molecule has 0 bridgehead atoms. The molecule has 0 aliphatic rings. The zero-order valence-electron chi connectivity index (χ0n) is 10.8. The molecule has 0 aliphatic heterocycles. The summed E-state index contributed by atoms with van der Waals surface area (Å²) in [6.07, 6.45) is 3.81. The summed E-state index contributed by atoms with van der Waals surface area (Å²) in [6.45, 7) is 4.86. The summed E-state index contributed by atoms with van der Waals surface area (Å²) in [4.78, 5) is 26.5. The second-order valence-corrected chi connectivity index (χ2v) is 4.71. The quantitative estimate of drug-likeness (QED) is 0.639. The second kappa shape index (κ2) is 6.33. The van der Waals surface area contributed by atoms with Gasteiger partial charge in [-0.15, -0.1) is 0 Å². The van der Waals surface area contributed by atoms with Gasteiger partial charge in [-0.1, -0.05) is 6.92 Å². The number of anilines is 1. The minimum absolute atomic E-state index is 0.170. The molecule has 0 spiro atoms. The minimum atomic E-state index is -0.170. The average molecular weight is 277 g/mol. The highest BCUT2D eigenvalue weighted by atomic mass is 32.2. The van der Waals surface area contributed by atoms with Gasteiger partial charge in [-0.05, 0) is 25.1 Å². The normalized spacial score (nSPS) is 10.4. The maximum Gasteiger partial charge on any atom is 0.251 e. The Morgan fingerprint density at radius 3 is 2.84 bits per heavy atom. The molecular weight excluding hydrogens is 262 g/mol. The van der Waals surface area contributed by atoms with Crippen LogP contribution in [0.3, 0.4) is 0 Å². The van der Waals surface area contributed by atoms with Crippen LogP contribution in [0.5, 0.6) is 0 Å². The van der Waals surface area contributed by atoms with Crippen LogP contribution in [0.25, 0.3) is 0 Å². The molecule has 0 saturated carbocycles. The summed E-state index contributed by atoms with van der Waals surface area (Å²) in [6, 6.07) is 1.38. The fraction of sp³-hybridized carbons (Fsp3) is 0.333. The first kappa shape index (κ1) is 13.5. The highest BCUT2D eigenvalue weighted by molar-refractivity contribution is 7.99. The van der Waals surface area contributed by atoms with Gasteiger partial charge in [0.05, 0.1) is 0 Å². The van der Waals surface area contributed by atoms with E-state index in [1.165, 1.54) is 30.4 Å². The standard InChI is InChI=1S/C12H15N5OS/c1-3-8-10(13-4-2)15-7-16-11(8)19-12-14-6-5-9(18)17-12/h5-7H,3-4H2,1-2H3,(H,13,15,16)(H,14,17,18). The van der Waals surface area contributed by atoms with Crippen LogP contribution in [-0.4, -0.2) is 26.5 Å². The Morgan fingerprint density at radius 1 is 1.32 bits per heavy atom. The van der Waals surface area contributed by atoms with E-state index >= 15 is 0 Å². The number of hydrogen-bond acceptors (Lipinski definition) is 6. The van der Waals surface area contributed by atoms with Gasteiger partial charge in [-0.2, -0.15) is 0 Å². The summed E-state index contributed by atoms with van der Waals surface area (Å²) in [7, 11) is 0. The maximum atomic E-state index is 11.3. The second-order valence-electron chi connectivity index (χ2n) is 3.73. The smallest absolute Gasteiger partial charge is 0.251 e. The van der Waals surface area contributed by atoms with Crippen molar-refractivity contribution in [2.24, 2.45) is 0 Å². The molecule has 2 N–H and O–H groups in total. The molecule has 0 unspecified atom stereocenters. The molecule has 7 heteroatoms. The SMILES string of the molecule is CCNc1ncnc(Sc2nccc(=O)[nH]2)c1CC. The van der Waals surface area contributed by atoms with E-state index in [4.69, 9.17) is 0 Å². The summed E-state index contributed by atoms with van der Waals surface area (Å²) in [5, 5.41) is 4.55. The van der Waals surface area contributed by atoms with Gasteiger partial charge < -0.3 is 10.3 Å². The lowest BCUT2D eigenvalue weighted by atomic mass is 10.2. The van der Waals surface area contributed by atoms with Crippen molar-refractivity contribution < 1.29 is 0 Å². The first-order chi connectivity index (χ1) is 9.24. The summed E-state index contributed by atoms with van der Waals surface area (Å²) in [5.41, 5.74) is 0.859. The van der Waals surface area contributed by atoms with Crippen molar-refractivity contribution >= 4 is 17.6 Å². The third-order valence-electron chi connectivity index (χ3n) is 2.44. The first-order valence-electron chi connectivity index (χ1n) is 6.05. The molecule has 2 aromatic heterocycles. The number of hydrogen-bond donors (Lipinski definition) is 2. The Morgan fingerprint density at radius 2 is 2.16 bits per heavy atom. The molecule has 0 aromatic carbocycles. The Labute approximate surface area is 115 Å². The topological polar surface area (TPSA) is 83.6 Å². The van der Waals surface area contributed by atoms with Gasteiger partial charge in [0, 0.05) is 24.4 Å². The Balaban J connectivity index is 2.34. The molecule has 2 rings (SSSR count). The van der Waals surface area contributed by atoms with E-state index in [1.807, 2.05) is 13.8 Å². The van der Waals surface area contributed by atoms with Gasteiger partial charge in [0.1, 0.15) is 17.2 Å². The van der Waals surface area contributed by atoms with Crippen LogP contribution in [-0.2, 0) is 6.42 Å². The molecule has 0 atom stereocenters. The van der Waals surface area contributed by atoms with Crippen LogP contribution in [0.1, 0.15) is 19.4 Å². The van der Waals surface area contributed by atoms with Crippen molar-refractivity contribution in [3.63, 3.8) is 0 Å². The summed E-state index contributed by atoms with van der Waals surface area (Å²) < 4.78 is 0.